The molecule has 0 bridgehead atoms. The molecule has 0 saturated heterocycles. The van der Waals surface area contributed by atoms with Crippen LogP contribution >= 0.6 is 22.9 Å². The van der Waals surface area contributed by atoms with E-state index in [1.165, 1.54) is 37.0 Å². The average Bonchev–Trinajstić information content (AvgIpc) is 2.77. The molecule has 2 nitrogen and oxygen atoms in total. The molecule has 0 radical (unpaired) electrons. The molecule has 3 N–H and O–H groups in total. The van der Waals surface area contributed by atoms with Crippen LogP contribution in [0.15, 0.2) is 12.1 Å². The van der Waals surface area contributed by atoms with Gasteiger partial charge in [-0.2, -0.15) is 0 Å². The summed E-state index contributed by atoms with van der Waals surface area (Å²) in [5.41, 5.74) is 3.02. The van der Waals surface area contributed by atoms with E-state index in [2.05, 4.69) is 18.4 Å². The van der Waals surface area contributed by atoms with Crippen LogP contribution in [0.2, 0.25) is 4.34 Å². The third-order valence-electron chi connectivity index (χ3n) is 4.00. The fraction of sp³-hybridized carbons (Fsp3) is 0.692. The minimum atomic E-state index is 0.276. The maximum absolute atomic E-state index is 6.02. The van der Waals surface area contributed by atoms with Gasteiger partial charge < -0.3 is 0 Å². The van der Waals surface area contributed by atoms with Gasteiger partial charge in [0.25, 0.3) is 0 Å². The normalized spacial score (nSPS) is 27.0. The van der Waals surface area contributed by atoms with Gasteiger partial charge in [-0.15, -0.1) is 11.3 Å². The Balaban J connectivity index is 2.16. The summed E-state index contributed by atoms with van der Waals surface area (Å²) >= 11 is 7.67. The van der Waals surface area contributed by atoms with Crippen molar-refractivity contribution in [1.29, 1.82) is 0 Å². The van der Waals surface area contributed by atoms with Gasteiger partial charge in [0.05, 0.1) is 10.4 Å². The Labute approximate surface area is 113 Å². The van der Waals surface area contributed by atoms with Gasteiger partial charge in [0.2, 0.25) is 0 Å². The summed E-state index contributed by atoms with van der Waals surface area (Å²) in [5.74, 6) is 7.23. The average molecular weight is 273 g/mol. The lowest BCUT2D eigenvalue weighted by Gasteiger charge is -2.36. The largest absolute Gasteiger partial charge is 0.271 e. The first-order valence-corrected chi connectivity index (χ1v) is 7.67. The van der Waals surface area contributed by atoms with Crippen molar-refractivity contribution in [1.82, 2.24) is 5.43 Å². The van der Waals surface area contributed by atoms with E-state index in [1.54, 1.807) is 11.3 Å². The monoisotopic (exact) mass is 272 g/mol. The lowest BCUT2D eigenvalue weighted by atomic mass is 9.74. The van der Waals surface area contributed by atoms with Gasteiger partial charge in [0, 0.05) is 4.88 Å². The summed E-state index contributed by atoms with van der Waals surface area (Å²) in [4.78, 5) is 1.28. The maximum Gasteiger partial charge on any atom is 0.0931 e. The van der Waals surface area contributed by atoms with Gasteiger partial charge in [0.1, 0.15) is 0 Å². The van der Waals surface area contributed by atoms with Crippen LogP contribution in [0, 0.1) is 11.8 Å². The molecule has 1 saturated carbocycles. The second kappa shape index (κ2) is 6.19. The zero-order valence-corrected chi connectivity index (χ0v) is 11.9. The van der Waals surface area contributed by atoms with Crippen LogP contribution in [0.4, 0.5) is 0 Å². The number of thiophene rings is 1. The van der Waals surface area contributed by atoms with Crippen LogP contribution in [-0.4, -0.2) is 0 Å². The van der Waals surface area contributed by atoms with Crippen LogP contribution < -0.4 is 11.3 Å². The van der Waals surface area contributed by atoms with Gasteiger partial charge in [0.15, 0.2) is 0 Å². The molecule has 96 valence electrons. The van der Waals surface area contributed by atoms with Crippen LogP contribution in [0.25, 0.3) is 0 Å². The van der Waals surface area contributed by atoms with E-state index in [9.17, 15) is 0 Å². The van der Waals surface area contributed by atoms with Crippen molar-refractivity contribution in [3.8, 4) is 0 Å². The van der Waals surface area contributed by atoms with Gasteiger partial charge in [-0.25, -0.2) is 0 Å². The van der Waals surface area contributed by atoms with Crippen LogP contribution in [0.1, 0.15) is 49.9 Å². The molecule has 17 heavy (non-hydrogen) atoms. The lowest BCUT2D eigenvalue weighted by molar-refractivity contribution is 0.178. The van der Waals surface area contributed by atoms with E-state index in [0.717, 1.165) is 10.3 Å². The standard InChI is InChI=1S/C13H21ClN2S/c1-2-9-5-3-4-6-10(9)13(16-15)11-7-8-12(14)17-11/h7-10,13,16H,2-6,15H2,1H3. The van der Waals surface area contributed by atoms with Gasteiger partial charge >= 0.3 is 0 Å². The molecule has 1 heterocycles. The molecule has 1 fully saturated rings. The second-order valence-electron chi connectivity index (χ2n) is 4.90. The van der Waals surface area contributed by atoms with E-state index < -0.39 is 0 Å². The van der Waals surface area contributed by atoms with Crippen molar-refractivity contribution < 1.29 is 0 Å². The topological polar surface area (TPSA) is 38.0 Å². The number of nitrogens with one attached hydrogen (secondary N) is 1. The Morgan fingerprint density at radius 2 is 2.24 bits per heavy atom. The molecule has 2 rings (SSSR count). The van der Waals surface area contributed by atoms with E-state index in [-0.39, 0.29) is 6.04 Å². The molecule has 4 heteroatoms. The summed E-state index contributed by atoms with van der Waals surface area (Å²) in [7, 11) is 0. The molecule has 0 spiro atoms. The van der Waals surface area contributed by atoms with Crippen molar-refractivity contribution in [2.24, 2.45) is 17.7 Å². The number of hydrazine groups is 1. The third kappa shape index (κ3) is 3.02. The molecule has 3 unspecified atom stereocenters. The molecule has 0 aliphatic heterocycles. The summed E-state index contributed by atoms with van der Waals surface area (Å²) in [6.07, 6.45) is 6.58. The molecular formula is C13H21ClN2S. The lowest BCUT2D eigenvalue weighted by Crippen LogP contribution is -2.37. The SMILES string of the molecule is CCC1CCCCC1C(NN)c1ccc(Cl)s1. The number of rotatable bonds is 4. The third-order valence-corrected chi connectivity index (χ3v) is 5.31. The molecule has 0 aromatic carbocycles. The predicted octanol–water partition coefficient (Wildman–Crippen LogP) is 4.12. The minimum Gasteiger partial charge on any atom is -0.271 e. The minimum absolute atomic E-state index is 0.276. The van der Waals surface area contributed by atoms with Crippen LogP contribution in [0.3, 0.4) is 0 Å². The number of halogens is 1. The fourth-order valence-electron chi connectivity index (χ4n) is 3.09. The Morgan fingerprint density at radius 3 is 2.82 bits per heavy atom. The Morgan fingerprint density at radius 1 is 1.47 bits per heavy atom. The second-order valence-corrected chi connectivity index (χ2v) is 6.65. The van der Waals surface area contributed by atoms with Crippen LogP contribution in [0.5, 0.6) is 0 Å². The summed E-state index contributed by atoms with van der Waals surface area (Å²) < 4.78 is 0.851. The molecule has 1 aromatic heterocycles. The first kappa shape index (κ1) is 13.3. The number of hydrogen-bond acceptors (Lipinski definition) is 3. The fourth-order valence-corrected chi connectivity index (χ4v) is 4.29. The molecule has 1 aliphatic rings. The Kier molecular flexibility index (Phi) is 4.86. The van der Waals surface area contributed by atoms with E-state index >= 15 is 0 Å². The van der Waals surface area contributed by atoms with Gasteiger partial charge in [-0.1, -0.05) is 44.2 Å². The highest BCUT2D eigenvalue weighted by atomic mass is 35.5. The number of hydrogen-bond donors (Lipinski definition) is 2. The highest BCUT2D eigenvalue weighted by molar-refractivity contribution is 7.16. The van der Waals surface area contributed by atoms with Gasteiger partial charge in [-0.05, 0) is 30.4 Å². The van der Waals surface area contributed by atoms with Crippen molar-refractivity contribution in [2.45, 2.75) is 45.1 Å². The van der Waals surface area contributed by atoms with E-state index in [1.807, 2.05) is 6.07 Å². The van der Waals surface area contributed by atoms with Gasteiger partial charge in [-0.3, -0.25) is 11.3 Å². The molecule has 3 atom stereocenters. The molecule has 1 aromatic rings. The Hall–Kier alpha value is -0.0900. The van der Waals surface area contributed by atoms with Crippen molar-refractivity contribution in [2.75, 3.05) is 0 Å². The number of nitrogens with two attached hydrogens (primary N) is 1. The predicted molar refractivity (Wildman–Crippen MR) is 75.1 cm³/mol. The summed E-state index contributed by atoms with van der Waals surface area (Å²) in [6, 6.07) is 4.35. The zero-order chi connectivity index (χ0) is 12.3. The maximum atomic E-state index is 6.02. The summed E-state index contributed by atoms with van der Waals surface area (Å²) in [5, 5.41) is 0. The first-order valence-electron chi connectivity index (χ1n) is 6.47. The molecule has 0 amide bonds. The van der Waals surface area contributed by atoms with Crippen molar-refractivity contribution >= 4 is 22.9 Å². The van der Waals surface area contributed by atoms with Crippen LogP contribution in [-0.2, 0) is 0 Å². The van der Waals surface area contributed by atoms with E-state index in [4.69, 9.17) is 17.4 Å². The highest BCUT2D eigenvalue weighted by Gasteiger charge is 2.31. The highest BCUT2D eigenvalue weighted by Crippen LogP contribution is 2.42. The van der Waals surface area contributed by atoms with Crippen molar-refractivity contribution in [3.63, 3.8) is 0 Å². The van der Waals surface area contributed by atoms with E-state index in [0.29, 0.717) is 5.92 Å². The Bertz CT molecular complexity index is 353. The van der Waals surface area contributed by atoms with Crippen molar-refractivity contribution in [3.05, 3.63) is 21.3 Å². The molecule has 1 aliphatic carbocycles. The quantitative estimate of drug-likeness (QED) is 0.639. The smallest absolute Gasteiger partial charge is 0.0931 e. The summed E-state index contributed by atoms with van der Waals surface area (Å²) in [6.45, 7) is 2.29. The molecular weight excluding hydrogens is 252 g/mol. The zero-order valence-electron chi connectivity index (χ0n) is 10.3. The first-order chi connectivity index (χ1) is 8.26.